The SMILES string of the molecule is CC1(O)CC(Nc2nnc(-c3ccc(OC(F)(F)F)cc3O)c3c2CCOC3)C1. The Morgan fingerprint density at radius 2 is 2.00 bits per heavy atom. The number of hydrogen-bond acceptors (Lipinski definition) is 7. The van der Waals surface area contributed by atoms with E-state index in [-0.39, 0.29) is 18.2 Å². The van der Waals surface area contributed by atoms with Gasteiger partial charge in [0.15, 0.2) is 5.82 Å². The van der Waals surface area contributed by atoms with Crippen LogP contribution >= 0.6 is 0 Å². The van der Waals surface area contributed by atoms with Gasteiger partial charge in [-0.3, -0.25) is 0 Å². The minimum atomic E-state index is -4.85. The molecular weight excluding hydrogens is 391 g/mol. The number of halogens is 3. The van der Waals surface area contributed by atoms with Crippen LogP contribution in [0.25, 0.3) is 11.3 Å². The van der Waals surface area contributed by atoms with Gasteiger partial charge in [-0.05, 0) is 38.3 Å². The van der Waals surface area contributed by atoms with Gasteiger partial charge >= 0.3 is 6.36 Å². The second-order valence-electron chi connectivity index (χ2n) is 7.63. The Hall–Kier alpha value is -2.59. The normalized spacial score (nSPS) is 23.8. The molecule has 0 atom stereocenters. The Morgan fingerprint density at radius 1 is 1.24 bits per heavy atom. The van der Waals surface area contributed by atoms with Crippen LogP contribution in [0.5, 0.6) is 11.5 Å². The molecule has 4 rings (SSSR count). The number of nitrogens with one attached hydrogen (secondary N) is 1. The molecule has 0 radical (unpaired) electrons. The molecule has 10 heteroatoms. The number of aromatic hydroxyl groups is 1. The van der Waals surface area contributed by atoms with Crippen molar-refractivity contribution in [3.63, 3.8) is 0 Å². The molecule has 2 aromatic rings. The summed E-state index contributed by atoms with van der Waals surface area (Å²) in [6.07, 6.45) is -3.06. The lowest BCUT2D eigenvalue weighted by Crippen LogP contribution is -2.48. The zero-order valence-corrected chi connectivity index (χ0v) is 15.6. The molecule has 1 saturated carbocycles. The van der Waals surface area contributed by atoms with Crippen molar-refractivity contribution in [1.29, 1.82) is 0 Å². The third-order valence-corrected chi connectivity index (χ3v) is 5.10. The zero-order valence-electron chi connectivity index (χ0n) is 15.6. The lowest BCUT2D eigenvalue weighted by molar-refractivity contribution is -0.274. The Labute approximate surface area is 164 Å². The van der Waals surface area contributed by atoms with Crippen LogP contribution < -0.4 is 10.1 Å². The number of ether oxygens (including phenoxy) is 2. The monoisotopic (exact) mass is 411 g/mol. The summed E-state index contributed by atoms with van der Waals surface area (Å²) >= 11 is 0. The first-order chi connectivity index (χ1) is 13.6. The highest BCUT2D eigenvalue weighted by atomic mass is 19.4. The van der Waals surface area contributed by atoms with Gasteiger partial charge in [-0.15, -0.1) is 23.4 Å². The minimum absolute atomic E-state index is 0.0873. The van der Waals surface area contributed by atoms with Crippen LogP contribution in [0.1, 0.15) is 30.9 Å². The van der Waals surface area contributed by atoms with Gasteiger partial charge < -0.3 is 25.0 Å². The standard InChI is InChI=1S/C19H20F3N3O4/c1-18(27)7-10(8-18)23-17-12-4-5-28-9-14(12)16(24-25-17)13-3-2-11(6-15(13)26)29-19(20,21)22/h2-3,6,10,26-27H,4-5,7-9H2,1H3,(H,23,25). The molecule has 1 fully saturated rings. The fourth-order valence-electron chi connectivity index (χ4n) is 3.82. The molecular formula is C19H20F3N3O4. The van der Waals surface area contributed by atoms with Crippen molar-refractivity contribution in [1.82, 2.24) is 10.2 Å². The molecule has 156 valence electrons. The van der Waals surface area contributed by atoms with Gasteiger partial charge in [0.1, 0.15) is 17.2 Å². The molecule has 7 nitrogen and oxygen atoms in total. The van der Waals surface area contributed by atoms with Crippen LogP contribution in [-0.4, -0.2) is 45.0 Å². The smallest absolute Gasteiger partial charge is 0.507 e. The maximum atomic E-state index is 12.4. The number of phenols is 1. The summed E-state index contributed by atoms with van der Waals surface area (Å²) < 4.78 is 46.5. The highest BCUT2D eigenvalue weighted by Gasteiger charge is 2.39. The molecule has 1 aromatic carbocycles. The Bertz CT molecular complexity index is 926. The van der Waals surface area contributed by atoms with Crippen molar-refractivity contribution in [2.75, 3.05) is 11.9 Å². The van der Waals surface area contributed by atoms with E-state index in [0.29, 0.717) is 37.4 Å². The topological polar surface area (TPSA) is 96.7 Å². The van der Waals surface area contributed by atoms with Gasteiger partial charge in [-0.25, -0.2) is 0 Å². The minimum Gasteiger partial charge on any atom is -0.507 e. The molecule has 0 saturated heterocycles. The number of hydrogen-bond donors (Lipinski definition) is 3. The molecule has 0 unspecified atom stereocenters. The lowest BCUT2D eigenvalue weighted by Gasteiger charge is -2.41. The second-order valence-corrected chi connectivity index (χ2v) is 7.63. The number of anilines is 1. The van der Waals surface area contributed by atoms with Gasteiger partial charge in [0.25, 0.3) is 0 Å². The van der Waals surface area contributed by atoms with E-state index >= 15 is 0 Å². The van der Waals surface area contributed by atoms with E-state index in [1.807, 2.05) is 0 Å². The molecule has 1 aliphatic heterocycles. The quantitative estimate of drug-likeness (QED) is 0.711. The number of phenolic OH excluding ortho intramolecular Hbond substituents is 1. The average Bonchev–Trinajstić information content (AvgIpc) is 2.60. The molecule has 1 aliphatic carbocycles. The van der Waals surface area contributed by atoms with Crippen molar-refractivity contribution in [3.8, 4) is 22.8 Å². The summed E-state index contributed by atoms with van der Waals surface area (Å²) in [5.41, 5.74) is 1.52. The van der Waals surface area contributed by atoms with Gasteiger partial charge in [-0.2, -0.15) is 0 Å². The molecule has 0 amide bonds. The third-order valence-electron chi connectivity index (χ3n) is 5.10. The maximum Gasteiger partial charge on any atom is 0.573 e. The first kappa shape index (κ1) is 19.7. The summed E-state index contributed by atoms with van der Waals surface area (Å²) in [4.78, 5) is 0. The molecule has 0 spiro atoms. The largest absolute Gasteiger partial charge is 0.573 e. The van der Waals surface area contributed by atoms with Gasteiger partial charge in [0.05, 0.1) is 18.8 Å². The highest BCUT2D eigenvalue weighted by Crippen LogP contribution is 2.39. The molecule has 0 bridgehead atoms. The fraction of sp³-hybridized carbons (Fsp3) is 0.474. The Morgan fingerprint density at radius 3 is 2.66 bits per heavy atom. The average molecular weight is 411 g/mol. The molecule has 2 heterocycles. The van der Waals surface area contributed by atoms with Crippen molar-refractivity contribution >= 4 is 5.82 Å². The van der Waals surface area contributed by atoms with Crippen molar-refractivity contribution in [2.45, 2.75) is 50.8 Å². The summed E-state index contributed by atoms with van der Waals surface area (Å²) in [6, 6.07) is 3.40. The van der Waals surface area contributed by atoms with E-state index in [2.05, 4.69) is 20.3 Å². The molecule has 3 N–H and O–H groups in total. The first-order valence-corrected chi connectivity index (χ1v) is 9.15. The van der Waals surface area contributed by atoms with E-state index in [1.165, 1.54) is 6.07 Å². The first-order valence-electron chi connectivity index (χ1n) is 9.15. The molecule has 2 aliphatic rings. The third kappa shape index (κ3) is 4.23. The Kier molecular flexibility index (Phi) is 4.78. The predicted octanol–water partition coefficient (Wildman–Crippen LogP) is 3.15. The number of fused-ring (bicyclic) bond motifs is 1. The van der Waals surface area contributed by atoms with Crippen LogP contribution in [-0.2, 0) is 17.8 Å². The highest BCUT2D eigenvalue weighted by molar-refractivity contribution is 5.73. The summed E-state index contributed by atoms with van der Waals surface area (Å²) in [5.74, 6) is -0.319. The lowest BCUT2D eigenvalue weighted by atomic mass is 9.77. The maximum absolute atomic E-state index is 12.4. The molecule has 1 aromatic heterocycles. The molecule has 29 heavy (non-hydrogen) atoms. The van der Waals surface area contributed by atoms with Crippen molar-refractivity contribution in [2.24, 2.45) is 0 Å². The van der Waals surface area contributed by atoms with E-state index < -0.39 is 23.5 Å². The number of aromatic nitrogens is 2. The fourth-order valence-corrected chi connectivity index (χ4v) is 3.82. The zero-order chi connectivity index (χ0) is 20.8. The van der Waals surface area contributed by atoms with Crippen LogP contribution in [0.4, 0.5) is 19.0 Å². The second kappa shape index (κ2) is 7.03. The number of nitrogens with zero attached hydrogens (tertiary/aromatic N) is 2. The van der Waals surface area contributed by atoms with E-state index in [0.717, 1.165) is 23.3 Å². The van der Waals surface area contributed by atoms with Gasteiger partial charge in [-0.1, -0.05) is 0 Å². The number of alkyl halides is 3. The number of aliphatic hydroxyl groups is 1. The van der Waals surface area contributed by atoms with Crippen LogP contribution in [0.15, 0.2) is 18.2 Å². The van der Waals surface area contributed by atoms with Gasteiger partial charge in [0, 0.05) is 28.8 Å². The van der Waals surface area contributed by atoms with Gasteiger partial charge in [0.2, 0.25) is 0 Å². The van der Waals surface area contributed by atoms with Crippen molar-refractivity contribution in [3.05, 3.63) is 29.3 Å². The van der Waals surface area contributed by atoms with Crippen LogP contribution in [0, 0.1) is 0 Å². The summed E-state index contributed by atoms with van der Waals surface area (Å²) in [7, 11) is 0. The number of rotatable bonds is 4. The predicted molar refractivity (Wildman–Crippen MR) is 96.4 cm³/mol. The Balaban J connectivity index is 1.65. The van der Waals surface area contributed by atoms with E-state index in [1.54, 1.807) is 6.92 Å². The van der Waals surface area contributed by atoms with Crippen LogP contribution in [0.2, 0.25) is 0 Å². The summed E-state index contributed by atoms with van der Waals surface area (Å²) in [5, 5.41) is 31.9. The van der Waals surface area contributed by atoms with E-state index in [4.69, 9.17) is 4.74 Å². The van der Waals surface area contributed by atoms with Crippen LogP contribution in [0.3, 0.4) is 0 Å². The summed E-state index contributed by atoms with van der Waals surface area (Å²) in [6.45, 7) is 2.52. The van der Waals surface area contributed by atoms with Crippen molar-refractivity contribution < 1.29 is 32.9 Å². The van der Waals surface area contributed by atoms with E-state index in [9.17, 15) is 23.4 Å². The number of benzene rings is 1.